The van der Waals surface area contributed by atoms with Crippen LogP contribution in [0.4, 0.5) is 0 Å². The predicted molar refractivity (Wildman–Crippen MR) is 83.2 cm³/mol. The van der Waals surface area contributed by atoms with Crippen LogP contribution in [0.15, 0.2) is 0 Å². The van der Waals surface area contributed by atoms with Crippen molar-refractivity contribution < 1.29 is 4.74 Å². The maximum atomic E-state index is 5.81. The molecule has 2 aliphatic rings. The van der Waals surface area contributed by atoms with Gasteiger partial charge in [-0.25, -0.2) is 4.98 Å². The first-order valence-corrected chi connectivity index (χ1v) is 8.60. The highest BCUT2D eigenvalue weighted by atomic mass is 32.1. The van der Waals surface area contributed by atoms with Gasteiger partial charge in [-0.3, -0.25) is 0 Å². The first kappa shape index (κ1) is 14.5. The largest absolute Gasteiger partial charge is 0.371 e. The molecule has 4 heteroatoms. The quantitative estimate of drug-likeness (QED) is 0.917. The van der Waals surface area contributed by atoms with Crippen LogP contribution in [0, 0.1) is 5.41 Å². The second kappa shape index (κ2) is 5.08. The molecule has 1 saturated carbocycles. The fourth-order valence-electron chi connectivity index (χ4n) is 3.54. The van der Waals surface area contributed by atoms with Gasteiger partial charge in [-0.1, -0.05) is 20.8 Å². The zero-order valence-electron chi connectivity index (χ0n) is 13.1. The Bertz CT molecular complexity index is 485. The van der Waals surface area contributed by atoms with E-state index in [0.29, 0.717) is 11.5 Å². The summed E-state index contributed by atoms with van der Waals surface area (Å²) in [4.78, 5) is 6.46. The molecule has 1 N–H and O–H groups in total. The second-order valence-corrected chi connectivity index (χ2v) is 8.07. The number of nitrogens with zero attached hydrogens (tertiary/aromatic N) is 1. The highest BCUT2D eigenvalue weighted by molar-refractivity contribution is 7.12. The van der Waals surface area contributed by atoms with Crippen LogP contribution in [-0.4, -0.2) is 18.6 Å². The predicted octanol–water partition coefficient (Wildman–Crippen LogP) is 3.79. The third-order valence-corrected chi connectivity index (χ3v) is 6.24. The molecule has 20 heavy (non-hydrogen) atoms. The Balaban J connectivity index is 1.96. The van der Waals surface area contributed by atoms with Crippen molar-refractivity contribution in [3.8, 4) is 0 Å². The Kier molecular flexibility index (Phi) is 3.68. The second-order valence-electron chi connectivity index (χ2n) is 7.04. The van der Waals surface area contributed by atoms with E-state index in [1.165, 1.54) is 28.4 Å². The highest BCUT2D eigenvalue weighted by Crippen LogP contribution is 2.50. The molecule has 1 unspecified atom stereocenters. The summed E-state index contributed by atoms with van der Waals surface area (Å²) in [5.74, 6) is 0. The van der Waals surface area contributed by atoms with Gasteiger partial charge in [-0.2, -0.15) is 0 Å². The molecule has 0 spiro atoms. The van der Waals surface area contributed by atoms with E-state index in [2.05, 4.69) is 26.1 Å². The van der Waals surface area contributed by atoms with E-state index in [0.717, 1.165) is 25.8 Å². The van der Waals surface area contributed by atoms with Crippen LogP contribution >= 0.6 is 11.3 Å². The molecule has 1 atom stereocenters. The number of fused-ring (bicyclic) bond motifs is 1. The third-order valence-electron chi connectivity index (χ3n) is 4.84. The SMILES string of the molecule is CCNC1CC(C)(C)Cc2nc(C3(OC)CCC3)sc21. The molecule has 1 heterocycles. The van der Waals surface area contributed by atoms with Crippen molar-refractivity contribution >= 4 is 11.3 Å². The summed E-state index contributed by atoms with van der Waals surface area (Å²) in [6.07, 6.45) is 5.83. The van der Waals surface area contributed by atoms with Crippen molar-refractivity contribution in [3.05, 3.63) is 15.6 Å². The van der Waals surface area contributed by atoms with Crippen LogP contribution in [0.25, 0.3) is 0 Å². The molecule has 0 amide bonds. The number of methoxy groups -OCH3 is 1. The fourth-order valence-corrected chi connectivity index (χ4v) is 4.92. The van der Waals surface area contributed by atoms with Crippen LogP contribution in [0.3, 0.4) is 0 Å². The molecule has 1 fully saturated rings. The number of nitrogens with one attached hydrogen (secondary N) is 1. The van der Waals surface area contributed by atoms with Gasteiger partial charge in [0.05, 0.1) is 5.69 Å². The van der Waals surface area contributed by atoms with Crippen molar-refractivity contribution in [2.45, 2.75) is 64.5 Å². The summed E-state index contributed by atoms with van der Waals surface area (Å²) in [5, 5.41) is 4.86. The zero-order valence-corrected chi connectivity index (χ0v) is 13.9. The summed E-state index contributed by atoms with van der Waals surface area (Å²) >= 11 is 1.89. The molecule has 3 rings (SSSR count). The van der Waals surface area contributed by atoms with Crippen LogP contribution in [0.5, 0.6) is 0 Å². The Morgan fingerprint density at radius 3 is 2.70 bits per heavy atom. The molecular formula is C16H26N2OS. The number of ether oxygens (including phenoxy) is 1. The van der Waals surface area contributed by atoms with Gasteiger partial charge in [0.1, 0.15) is 10.6 Å². The normalized spacial score (nSPS) is 26.9. The monoisotopic (exact) mass is 294 g/mol. The van der Waals surface area contributed by atoms with Crippen molar-refractivity contribution in [3.63, 3.8) is 0 Å². The minimum Gasteiger partial charge on any atom is -0.371 e. The van der Waals surface area contributed by atoms with E-state index in [1.54, 1.807) is 0 Å². The Morgan fingerprint density at radius 2 is 2.15 bits per heavy atom. The number of rotatable bonds is 4. The number of hydrogen-bond donors (Lipinski definition) is 1. The lowest BCUT2D eigenvalue weighted by Crippen LogP contribution is -2.36. The van der Waals surface area contributed by atoms with Gasteiger partial charge in [-0.15, -0.1) is 11.3 Å². The smallest absolute Gasteiger partial charge is 0.125 e. The van der Waals surface area contributed by atoms with Crippen molar-refractivity contribution in [1.29, 1.82) is 0 Å². The third kappa shape index (κ3) is 2.32. The minimum absolute atomic E-state index is 0.0666. The minimum atomic E-state index is -0.0666. The van der Waals surface area contributed by atoms with Gasteiger partial charge in [0.2, 0.25) is 0 Å². The van der Waals surface area contributed by atoms with Gasteiger partial charge in [0, 0.05) is 18.0 Å². The lowest BCUT2D eigenvalue weighted by molar-refractivity contribution is -0.0780. The number of thiazole rings is 1. The van der Waals surface area contributed by atoms with E-state index in [9.17, 15) is 0 Å². The van der Waals surface area contributed by atoms with Gasteiger partial charge in [0.25, 0.3) is 0 Å². The summed E-state index contributed by atoms with van der Waals surface area (Å²) in [6, 6.07) is 0.471. The van der Waals surface area contributed by atoms with E-state index in [-0.39, 0.29) is 5.60 Å². The lowest BCUT2D eigenvalue weighted by atomic mass is 9.76. The molecule has 0 bridgehead atoms. The number of aromatic nitrogens is 1. The summed E-state index contributed by atoms with van der Waals surface area (Å²) in [5.41, 5.74) is 1.59. The van der Waals surface area contributed by atoms with E-state index in [1.807, 2.05) is 18.4 Å². The summed E-state index contributed by atoms with van der Waals surface area (Å²) in [6.45, 7) is 7.91. The lowest BCUT2D eigenvalue weighted by Gasteiger charge is -2.38. The Morgan fingerprint density at radius 1 is 1.40 bits per heavy atom. The van der Waals surface area contributed by atoms with Crippen molar-refractivity contribution in [1.82, 2.24) is 10.3 Å². The van der Waals surface area contributed by atoms with Gasteiger partial charge in [0.15, 0.2) is 0 Å². The molecule has 1 aromatic rings. The number of hydrogen-bond acceptors (Lipinski definition) is 4. The first-order chi connectivity index (χ1) is 9.50. The molecule has 2 aliphatic carbocycles. The van der Waals surface area contributed by atoms with Gasteiger partial charge >= 0.3 is 0 Å². The molecule has 0 saturated heterocycles. The molecule has 1 aromatic heterocycles. The molecule has 0 aromatic carbocycles. The van der Waals surface area contributed by atoms with Gasteiger partial charge < -0.3 is 10.1 Å². The Labute approximate surface area is 126 Å². The maximum absolute atomic E-state index is 5.81. The Hall–Kier alpha value is -0.450. The average Bonchev–Trinajstić information content (AvgIpc) is 2.71. The summed E-state index contributed by atoms with van der Waals surface area (Å²) < 4.78 is 5.81. The van der Waals surface area contributed by atoms with Crippen molar-refractivity contribution in [2.75, 3.05) is 13.7 Å². The van der Waals surface area contributed by atoms with Gasteiger partial charge in [-0.05, 0) is 44.1 Å². The first-order valence-electron chi connectivity index (χ1n) is 7.78. The molecule has 0 aliphatic heterocycles. The molecule has 0 radical (unpaired) electrons. The van der Waals surface area contributed by atoms with Crippen LogP contribution in [0.2, 0.25) is 0 Å². The highest BCUT2D eigenvalue weighted by Gasteiger charge is 2.44. The van der Waals surface area contributed by atoms with E-state index >= 15 is 0 Å². The average molecular weight is 294 g/mol. The zero-order chi connectivity index (χ0) is 14.4. The topological polar surface area (TPSA) is 34.2 Å². The van der Waals surface area contributed by atoms with Crippen LogP contribution in [0.1, 0.15) is 68.1 Å². The van der Waals surface area contributed by atoms with E-state index in [4.69, 9.17) is 9.72 Å². The fraction of sp³-hybridized carbons (Fsp3) is 0.812. The molecular weight excluding hydrogens is 268 g/mol. The van der Waals surface area contributed by atoms with Crippen molar-refractivity contribution in [2.24, 2.45) is 5.41 Å². The van der Waals surface area contributed by atoms with Crippen LogP contribution in [-0.2, 0) is 16.8 Å². The standard InChI is InChI=1S/C16H26N2OS/c1-5-17-11-9-15(2,3)10-12-13(11)20-14(18-12)16(19-4)7-6-8-16/h11,17H,5-10H2,1-4H3. The molecule has 112 valence electrons. The maximum Gasteiger partial charge on any atom is 0.125 e. The summed E-state index contributed by atoms with van der Waals surface area (Å²) in [7, 11) is 1.84. The molecule has 3 nitrogen and oxygen atoms in total. The van der Waals surface area contributed by atoms with E-state index < -0.39 is 0 Å². The van der Waals surface area contributed by atoms with Crippen LogP contribution < -0.4 is 5.32 Å².